The predicted molar refractivity (Wildman–Crippen MR) is 92.2 cm³/mol. The van der Waals surface area contributed by atoms with Crippen LogP contribution in [0.3, 0.4) is 0 Å². The number of ether oxygens (including phenoxy) is 2. The van der Waals surface area contributed by atoms with Crippen LogP contribution in [0.15, 0.2) is 30.3 Å². The van der Waals surface area contributed by atoms with Crippen LogP contribution in [0.5, 0.6) is 6.01 Å². The molecule has 8 heteroatoms. The van der Waals surface area contributed by atoms with E-state index in [0.29, 0.717) is 48.6 Å². The molecule has 0 fully saturated rings. The Morgan fingerprint density at radius 3 is 2.62 bits per heavy atom. The fraction of sp³-hybridized carbons (Fsp3) is 0.312. The van der Waals surface area contributed by atoms with Crippen LogP contribution < -0.4 is 15.8 Å². The summed E-state index contributed by atoms with van der Waals surface area (Å²) >= 11 is 0. The zero-order valence-electron chi connectivity index (χ0n) is 13.7. The molecule has 3 aromatic rings. The minimum Gasteiger partial charge on any atom is -0.468 e. The van der Waals surface area contributed by atoms with Crippen LogP contribution in [-0.4, -0.2) is 46.9 Å². The lowest BCUT2D eigenvalue weighted by Crippen LogP contribution is -2.12. The van der Waals surface area contributed by atoms with Gasteiger partial charge in [0, 0.05) is 13.7 Å². The highest BCUT2D eigenvalue weighted by Crippen LogP contribution is 2.25. The van der Waals surface area contributed by atoms with Crippen molar-refractivity contribution in [1.29, 1.82) is 0 Å². The highest BCUT2D eigenvalue weighted by atomic mass is 16.5. The normalized spacial score (nSPS) is 10.9. The van der Waals surface area contributed by atoms with Crippen LogP contribution in [0.1, 0.15) is 5.56 Å². The number of rotatable bonds is 7. The van der Waals surface area contributed by atoms with Crippen molar-refractivity contribution in [2.75, 3.05) is 38.4 Å². The van der Waals surface area contributed by atoms with Gasteiger partial charge in [0.1, 0.15) is 0 Å². The van der Waals surface area contributed by atoms with Crippen molar-refractivity contribution in [2.45, 2.75) is 6.54 Å². The zero-order chi connectivity index (χ0) is 16.9. The van der Waals surface area contributed by atoms with Gasteiger partial charge in [-0.25, -0.2) is 0 Å². The number of benzene rings is 1. The summed E-state index contributed by atoms with van der Waals surface area (Å²) in [5.41, 5.74) is 8.31. The molecule has 0 atom stereocenters. The first kappa shape index (κ1) is 16.0. The van der Waals surface area contributed by atoms with Crippen LogP contribution in [0, 0.1) is 0 Å². The SMILES string of the molecule is COCCNc1nc(N)c2nc(OC)n(Cc3ccccc3)c2n1. The number of hydrogen-bond acceptors (Lipinski definition) is 7. The quantitative estimate of drug-likeness (QED) is 0.634. The molecule has 0 aliphatic rings. The molecule has 3 N–H and O–H groups in total. The molecule has 0 aliphatic heterocycles. The zero-order valence-corrected chi connectivity index (χ0v) is 13.7. The van der Waals surface area contributed by atoms with Gasteiger partial charge in [0.2, 0.25) is 5.95 Å². The van der Waals surface area contributed by atoms with E-state index in [1.807, 2.05) is 34.9 Å². The monoisotopic (exact) mass is 328 g/mol. The number of aromatic nitrogens is 4. The second kappa shape index (κ2) is 7.14. The molecule has 0 radical (unpaired) electrons. The number of nitrogen functional groups attached to an aromatic ring is 1. The van der Waals surface area contributed by atoms with Crippen LogP contribution in [-0.2, 0) is 11.3 Å². The largest absolute Gasteiger partial charge is 0.468 e. The standard InChI is InChI=1S/C16H20N6O2/c1-23-9-8-18-15-20-13(17)12-14(21-15)22(16(19-12)24-2)10-11-6-4-3-5-7-11/h3-7H,8-10H2,1-2H3,(H3,17,18,20,21). The van der Waals surface area contributed by atoms with Gasteiger partial charge in [-0.3, -0.25) is 4.57 Å². The van der Waals surface area contributed by atoms with Crippen LogP contribution in [0.2, 0.25) is 0 Å². The van der Waals surface area contributed by atoms with Gasteiger partial charge in [-0.1, -0.05) is 30.3 Å². The Bertz CT molecular complexity index is 818. The summed E-state index contributed by atoms with van der Waals surface area (Å²) in [5, 5.41) is 3.09. The smallest absolute Gasteiger partial charge is 0.298 e. The summed E-state index contributed by atoms with van der Waals surface area (Å²) in [6.07, 6.45) is 0. The number of nitrogens with zero attached hydrogens (tertiary/aromatic N) is 4. The molecule has 126 valence electrons. The Morgan fingerprint density at radius 2 is 1.92 bits per heavy atom. The summed E-state index contributed by atoms with van der Waals surface area (Å²) in [7, 11) is 3.21. The molecule has 0 saturated carbocycles. The Hall–Kier alpha value is -2.87. The molecule has 2 heterocycles. The second-order valence-electron chi connectivity index (χ2n) is 5.19. The van der Waals surface area contributed by atoms with Gasteiger partial charge in [-0.15, -0.1) is 0 Å². The Kier molecular flexibility index (Phi) is 4.76. The number of hydrogen-bond donors (Lipinski definition) is 2. The van der Waals surface area contributed by atoms with Crippen LogP contribution in [0.25, 0.3) is 11.2 Å². The van der Waals surface area contributed by atoms with Gasteiger partial charge in [0.05, 0.1) is 20.3 Å². The van der Waals surface area contributed by atoms with E-state index in [9.17, 15) is 0 Å². The molecule has 0 saturated heterocycles. The number of imidazole rings is 1. The maximum atomic E-state index is 6.04. The van der Waals surface area contributed by atoms with Gasteiger partial charge in [0.25, 0.3) is 6.01 Å². The summed E-state index contributed by atoms with van der Waals surface area (Å²) in [5.74, 6) is 0.749. The average Bonchev–Trinajstić information content (AvgIpc) is 2.94. The minimum absolute atomic E-state index is 0.310. The van der Waals surface area contributed by atoms with Crippen molar-refractivity contribution >= 4 is 22.9 Å². The molecule has 24 heavy (non-hydrogen) atoms. The first-order valence-corrected chi connectivity index (χ1v) is 7.57. The molecule has 3 rings (SSSR count). The highest BCUT2D eigenvalue weighted by Gasteiger charge is 2.17. The van der Waals surface area contributed by atoms with Crippen molar-refractivity contribution in [3.63, 3.8) is 0 Å². The van der Waals surface area contributed by atoms with Crippen LogP contribution >= 0.6 is 0 Å². The Balaban J connectivity index is 2.01. The molecular formula is C16H20N6O2. The molecule has 1 aromatic carbocycles. The van der Waals surface area contributed by atoms with E-state index in [4.69, 9.17) is 15.2 Å². The Morgan fingerprint density at radius 1 is 1.12 bits per heavy atom. The van der Waals surface area contributed by atoms with Gasteiger partial charge in [-0.05, 0) is 5.56 Å². The molecule has 0 aliphatic carbocycles. The van der Waals surface area contributed by atoms with E-state index < -0.39 is 0 Å². The predicted octanol–water partition coefficient (Wildman–Crippen LogP) is 1.52. The lowest BCUT2D eigenvalue weighted by atomic mass is 10.2. The number of nitrogens with two attached hydrogens (primary N) is 1. The number of nitrogens with one attached hydrogen (secondary N) is 1. The van der Waals surface area contributed by atoms with E-state index >= 15 is 0 Å². The van der Waals surface area contributed by atoms with Crippen molar-refractivity contribution in [3.05, 3.63) is 35.9 Å². The van der Waals surface area contributed by atoms with Gasteiger partial charge in [-0.2, -0.15) is 15.0 Å². The van der Waals surface area contributed by atoms with E-state index in [1.165, 1.54) is 0 Å². The van der Waals surface area contributed by atoms with E-state index in [1.54, 1.807) is 14.2 Å². The Labute approximate surface area is 139 Å². The summed E-state index contributed by atoms with van der Waals surface area (Å²) in [4.78, 5) is 13.2. The van der Waals surface area contributed by atoms with Crippen molar-refractivity contribution in [1.82, 2.24) is 19.5 Å². The lowest BCUT2D eigenvalue weighted by Gasteiger charge is -2.09. The fourth-order valence-corrected chi connectivity index (χ4v) is 2.41. The van der Waals surface area contributed by atoms with Crippen LogP contribution in [0.4, 0.5) is 11.8 Å². The molecule has 0 bridgehead atoms. The number of methoxy groups -OCH3 is 2. The molecule has 0 spiro atoms. The maximum absolute atomic E-state index is 6.04. The lowest BCUT2D eigenvalue weighted by molar-refractivity contribution is 0.210. The van der Waals surface area contributed by atoms with E-state index in [2.05, 4.69) is 20.3 Å². The second-order valence-corrected chi connectivity index (χ2v) is 5.19. The molecule has 0 unspecified atom stereocenters. The molecular weight excluding hydrogens is 308 g/mol. The third-order valence-electron chi connectivity index (χ3n) is 3.54. The first-order valence-electron chi connectivity index (χ1n) is 7.57. The highest BCUT2D eigenvalue weighted by molar-refractivity contribution is 5.84. The third kappa shape index (κ3) is 3.23. The van der Waals surface area contributed by atoms with E-state index in [-0.39, 0.29) is 0 Å². The number of fused-ring (bicyclic) bond motifs is 1. The summed E-state index contributed by atoms with van der Waals surface area (Å²) in [6, 6.07) is 10.5. The summed E-state index contributed by atoms with van der Waals surface area (Å²) < 4.78 is 12.3. The first-order chi connectivity index (χ1) is 11.7. The third-order valence-corrected chi connectivity index (χ3v) is 3.54. The average molecular weight is 328 g/mol. The molecule has 8 nitrogen and oxygen atoms in total. The topological polar surface area (TPSA) is 100 Å². The van der Waals surface area contributed by atoms with Gasteiger partial charge >= 0.3 is 0 Å². The molecule has 0 amide bonds. The minimum atomic E-state index is 0.310. The maximum Gasteiger partial charge on any atom is 0.298 e. The molecule has 2 aromatic heterocycles. The van der Waals surface area contributed by atoms with Crippen molar-refractivity contribution in [3.8, 4) is 6.01 Å². The van der Waals surface area contributed by atoms with Crippen molar-refractivity contribution in [2.24, 2.45) is 0 Å². The summed E-state index contributed by atoms with van der Waals surface area (Å²) in [6.45, 7) is 1.72. The van der Waals surface area contributed by atoms with E-state index in [0.717, 1.165) is 5.56 Å². The van der Waals surface area contributed by atoms with Gasteiger partial charge < -0.3 is 20.5 Å². The number of anilines is 2. The fourth-order valence-electron chi connectivity index (χ4n) is 2.41. The van der Waals surface area contributed by atoms with Crippen molar-refractivity contribution < 1.29 is 9.47 Å². The van der Waals surface area contributed by atoms with Gasteiger partial charge in [0.15, 0.2) is 17.0 Å².